The van der Waals surface area contributed by atoms with Crippen molar-refractivity contribution in [3.05, 3.63) is 190 Å². The lowest BCUT2D eigenvalue weighted by Crippen LogP contribution is -2.15. The predicted octanol–water partition coefficient (Wildman–Crippen LogP) is 12.1. The van der Waals surface area contributed by atoms with Gasteiger partial charge in [0.05, 0.1) is 27.7 Å². The van der Waals surface area contributed by atoms with E-state index in [0.29, 0.717) is 22.4 Å². The average molecular weight is 839 g/mol. The number of hydrogen-bond donors (Lipinski definition) is 1. The third-order valence-corrected chi connectivity index (χ3v) is 9.19. The Bertz CT molecular complexity index is 2640. The largest absolute Gasteiger partial charge is 0.296 e. The third kappa shape index (κ3) is 11.7. The SMILES string of the molecule is Cc1cccc(C)c1N=C(Cl)c1ccccc1.Cc1cccc(C)c1N=C(c1ccccc1)n1nc(C=O)c2ccccc21.ClCCl.O=Cc1[nH]nc2ccccc12.[B]. The maximum Gasteiger partial charge on any atom is 0.170 e. The lowest BCUT2D eigenvalue weighted by atomic mass is 10.1. The highest BCUT2D eigenvalue weighted by Crippen LogP contribution is 2.27. The first-order valence-electron chi connectivity index (χ1n) is 18.2. The van der Waals surface area contributed by atoms with Gasteiger partial charge in [-0.2, -0.15) is 10.2 Å². The van der Waals surface area contributed by atoms with Crippen molar-refractivity contribution in [2.45, 2.75) is 27.7 Å². The zero-order chi connectivity index (χ0) is 41.4. The third-order valence-electron chi connectivity index (χ3n) is 8.89. The summed E-state index contributed by atoms with van der Waals surface area (Å²) in [4.78, 5) is 31.5. The van der Waals surface area contributed by atoms with Crippen molar-refractivity contribution in [1.29, 1.82) is 0 Å². The fraction of sp³-hybridized carbons (Fsp3) is 0.106. The number of aldehydes is 2. The molecule has 8 aromatic rings. The topological polar surface area (TPSA) is 105 Å². The standard InChI is InChI=1S/C23H19N3O.C15H14ClN.C8H6N2O.CH2Cl2.B/c1-16-9-8-10-17(2)22(16)24-23(18-11-4-3-5-12-18)26-21-14-7-6-13-19(21)20(15-27)25-26;1-11-7-6-8-12(2)14(11)17-15(16)13-9-4-3-5-10-13;11-5-8-6-3-1-2-4-7(6)9-10-8;2-1-3;/h3-15H,1-2H3;3-10H,1-2H3;1-5H,(H,9,10);1H2;. The Labute approximate surface area is 361 Å². The number of aromatic amines is 1. The Morgan fingerprint density at radius 3 is 1.63 bits per heavy atom. The average Bonchev–Trinajstić information content (AvgIpc) is 3.85. The van der Waals surface area contributed by atoms with Gasteiger partial charge in [0.1, 0.15) is 16.6 Å². The number of alkyl halides is 2. The number of rotatable bonds is 6. The normalized spacial score (nSPS) is 10.9. The van der Waals surface area contributed by atoms with Crippen molar-refractivity contribution in [1.82, 2.24) is 20.0 Å². The van der Waals surface area contributed by atoms with Crippen LogP contribution in [0.25, 0.3) is 21.8 Å². The minimum Gasteiger partial charge on any atom is -0.296 e. The molecule has 3 radical (unpaired) electrons. The number of carbonyl (C=O) groups is 2. The van der Waals surface area contributed by atoms with E-state index in [1.54, 1.807) is 4.68 Å². The highest BCUT2D eigenvalue weighted by molar-refractivity contribution is 6.69. The molecule has 59 heavy (non-hydrogen) atoms. The summed E-state index contributed by atoms with van der Waals surface area (Å²) in [5, 5.41) is 13.6. The number of aromatic nitrogens is 4. The molecule has 0 saturated heterocycles. The summed E-state index contributed by atoms with van der Waals surface area (Å²) in [7, 11) is 0. The second kappa shape index (κ2) is 22.7. The molecule has 0 aliphatic heterocycles. The quantitative estimate of drug-likeness (QED) is 0.0592. The monoisotopic (exact) mass is 837 g/mol. The van der Waals surface area contributed by atoms with Gasteiger partial charge in [-0.05, 0) is 62.1 Å². The number of aryl methyl sites for hydroxylation is 4. The van der Waals surface area contributed by atoms with E-state index in [4.69, 9.17) is 39.8 Å². The Hall–Kier alpha value is -6.13. The number of H-pyrrole nitrogens is 1. The van der Waals surface area contributed by atoms with Gasteiger partial charge in [-0.15, -0.1) is 23.2 Å². The molecule has 0 aliphatic carbocycles. The molecule has 0 atom stereocenters. The van der Waals surface area contributed by atoms with E-state index in [-0.39, 0.29) is 13.8 Å². The lowest BCUT2D eigenvalue weighted by Gasteiger charge is -2.11. The molecule has 0 saturated carbocycles. The van der Waals surface area contributed by atoms with Crippen LogP contribution < -0.4 is 0 Å². The Morgan fingerprint density at radius 2 is 1.08 bits per heavy atom. The number of halogens is 3. The lowest BCUT2D eigenvalue weighted by molar-refractivity contribution is 0.111. The first-order valence-corrected chi connectivity index (χ1v) is 19.6. The zero-order valence-electron chi connectivity index (χ0n) is 33.0. The van der Waals surface area contributed by atoms with Crippen LogP contribution in [-0.2, 0) is 0 Å². The van der Waals surface area contributed by atoms with E-state index in [0.717, 1.165) is 79.1 Å². The highest BCUT2D eigenvalue weighted by Gasteiger charge is 2.16. The van der Waals surface area contributed by atoms with E-state index in [1.165, 1.54) is 0 Å². The van der Waals surface area contributed by atoms with Crippen molar-refractivity contribution < 1.29 is 9.59 Å². The van der Waals surface area contributed by atoms with Crippen LogP contribution in [-0.4, -0.2) is 57.3 Å². The summed E-state index contributed by atoms with van der Waals surface area (Å²) in [5.41, 5.74) is 10.9. The van der Waals surface area contributed by atoms with Crippen LogP contribution in [0.2, 0.25) is 0 Å². The van der Waals surface area contributed by atoms with E-state index < -0.39 is 0 Å². The molecule has 8 rings (SSSR count). The summed E-state index contributed by atoms with van der Waals surface area (Å²) in [5.74, 6) is 0.692. The molecule has 0 bridgehead atoms. The Morgan fingerprint density at radius 1 is 0.610 bits per heavy atom. The van der Waals surface area contributed by atoms with Gasteiger partial charge in [-0.1, -0.05) is 145 Å². The number of fused-ring (bicyclic) bond motifs is 2. The summed E-state index contributed by atoms with van der Waals surface area (Å²) in [6.07, 6.45) is 1.57. The van der Waals surface area contributed by atoms with Crippen molar-refractivity contribution in [2.75, 3.05) is 5.34 Å². The summed E-state index contributed by atoms with van der Waals surface area (Å²) >= 11 is 15.8. The van der Waals surface area contributed by atoms with Crippen molar-refractivity contribution in [3.8, 4) is 0 Å². The molecule has 8 nitrogen and oxygen atoms in total. The summed E-state index contributed by atoms with van der Waals surface area (Å²) in [6, 6.07) is 47.2. The first kappa shape index (κ1) is 45.6. The van der Waals surface area contributed by atoms with E-state index in [1.807, 2.05) is 173 Å². The number of hydrogen-bond acceptors (Lipinski definition) is 6. The Kier molecular flexibility index (Phi) is 17.5. The molecule has 12 heteroatoms. The number of para-hydroxylation sites is 4. The van der Waals surface area contributed by atoms with Gasteiger partial charge >= 0.3 is 0 Å². The van der Waals surface area contributed by atoms with Crippen LogP contribution in [0.5, 0.6) is 0 Å². The van der Waals surface area contributed by atoms with Crippen LogP contribution in [0.4, 0.5) is 11.4 Å². The minimum atomic E-state index is 0. The number of carbonyl (C=O) groups excluding carboxylic acids is 2. The van der Waals surface area contributed by atoms with Crippen LogP contribution in [0.15, 0.2) is 156 Å². The molecule has 0 amide bonds. The molecule has 0 unspecified atom stereocenters. The summed E-state index contributed by atoms with van der Waals surface area (Å²) < 4.78 is 1.76. The van der Waals surface area contributed by atoms with Gasteiger partial charge in [0.25, 0.3) is 0 Å². The predicted molar refractivity (Wildman–Crippen MR) is 247 cm³/mol. The van der Waals surface area contributed by atoms with Gasteiger partial charge in [0.15, 0.2) is 18.4 Å². The van der Waals surface area contributed by atoms with Gasteiger partial charge in [-0.3, -0.25) is 14.7 Å². The number of aliphatic imine (C=N–C) groups is 2. The fourth-order valence-electron chi connectivity index (χ4n) is 6.04. The number of benzene rings is 6. The van der Waals surface area contributed by atoms with Crippen LogP contribution in [0.3, 0.4) is 0 Å². The van der Waals surface area contributed by atoms with Gasteiger partial charge < -0.3 is 0 Å². The first-order chi connectivity index (χ1) is 28.2. The maximum atomic E-state index is 11.5. The Balaban J connectivity index is 0.000000205. The molecule has 6 aromatic carbocycles. The van der Waals surface area contributed by atoms with Crippen molar-refractivity contribution in [2.24, 2.45) is 9.98 Å². The fourth-order valence-corrected chi connectivity index (χ4v) is 6.25. The molecular formula is C47H41BCl3N6O2. The van der Waals surface area contributed by atoms with Gasteiger partial charge in [0, 0.05) is 30.3 Å². The van der Waals surface area contributed by atoms with Crippen molar-refractivity contribution >= 4 is 100.0 Å². The minimum absolute atomic E-state index is 0. The van der Waals surface area contributed by atoms with Crippen LogP contribution >= 0.6 is 34.8 Å². The molecule has 0 fully saturated rings. The highest BCUT2D eigenvalue weighted by atomic mass is 35.5. The summed E-state index contributed by atoms with van der Waals surface area (Å²) in [6.45, 7) is 8.18. The van der Waals surface area contributed by atoms with Gasteiger partial charge in [-0.25, -0.2) is 14.7 Å². The van der Waals surface area contributed by atoms with Gasteiger partial charge in [0.2, 0.25) is 0 Å². The van der Waals surface area contributed by atoms with E-state index in [9.17, 15) is 9.59 Å². The second-order valence-corrected chi connectivity index (χ2v) is 14.0. The molecular weight excluding hydrogens is 798 g/mol. The van der Waals surface area contributed by atoms with Crippen LogP contribution in [0.1, 0.15) is 54.4 Å². The maximum absolute atomic E-state index is 11.5. The molecule has 2 aromatic heterocycles. The van der Waals surface area contributed by atoms with E-state index >= 15 is 0 Å². The molecule has 0 spiro atoms. The van der Waals surface area contributed by atoms with Crippen molar-refractivity contribution in [3.63, 3.8) is 0 Å². The molecule has 295 valence electrons. The zero-order valence-corrected chi connectivity index (χ0v) is 35.2. The smallest absolute Gasteiger partial charge is 0.170 e. The molecule has 2 heterocycles. The second-order valence-electron chi connectivity index (χ2n) is 12.9. The molecule has 0 aliphatic rings. The van der Waals surface area contributed by atoms with Crippen LogP contribution in [0, 0.1) is 27.7 Å². The van der Waals surface area contributed by atoms with E-state index in [2.05, 4.69) is 20.3 Å². The molecule has 1 N–H and O–H groups in total. The number of nitrogens with one attached hydrogen (secondary N) is 1. The number of nitrogens with zero attached hydrogens (tertiary/aromatic N) is 5.